The Bertz CT molecular complexity index is 863. The second-order valence-electron chi connectivity index (χ2n) is 10.4. The molecule has 10 atom stereocenters. The minimum Gasteiger partial charge on any atom is -0.390 e. The number of hydrogen-bond donors (Lipinski definition) is 1. The Balaban J connectivity index is 1.59. The summed E-state index contributed by atoms with van der Waals surface area (Å²) >= 11 is 1.58. The van der Waals surface area contributed by atoms with Gasteiger partial charge in [-0.15, -0.1) is 11.8 Å². The summed E-state index contributed by atoms with van der Waals surface area (Å²) in [5, 5.41) is 11.4. The van der Waals surface area contributed by atoms with E-state index in [-0.39, 0.29) is 42.5 Å². The first-order valence-electron chi connectivity index (χ1n) is 11.4. The van der Waals surface area contributed by atoms with Gasteiger partial charge in [0, 0.05) is 16.7 Å². The lowest BCUT2D eigenvalue weighted by Gasteiger charge is -2.63. The van der Waals surface area contributed by atoms with Gasteiger partial charge in [0.05, 0.1) is 12.2 Å². The summed E-state index contributed by atoms with van der Waals surface area (Å²) in [7, 11) is 0. The summed E-state index contributed by atoms with van der Waals surface area (Å²) in [4.78, 5) is 11.3. The maximum atomic E-state index is 17.1. The predicted octanol–water partition coefficient (Wildman–Crippen LogP) is 4.52. The highest BCUT2D eigenvalue weighted by Crippen LogP contribution is 2.73. The van der Waals surface area contributed by atoms with Crippen LogP contribution < -0.4 is 0 Å². The molecule has 1 saturated heterocycles. The molecule has 4 fully saturated rings. The second-order valence-corrected chi connectivity index (χ2v) is 11.4. The molecule has 4 nitrogen and oxygen atoms in total. The number of aliphatic hydroxyl groups is 1. The summed E-state index contributed by atoms with van der Waals surface area (Å²) in [5.41, 5.74) is -3.79. The number of ether oxygens (including phenoxy) is 2. The van der Waals surface area contributed by atoms with Gasteiger partial charge in [0.1, 0.15) is 11.1 Å². The van der Waals surface area contributed by atoms with Crippen LogP contribution in [0.15, 0.2) is 23.8 Å². The van der Waals surface area contributed by atoms with Crippen LogP contribution in [0.3, 0.4) is 0 Å². The molecule has 7 heteroatoms. The first-order chi connectivity index (χ1) is 14.6. The Kier molecular flexibility index (Phi) is 4.89. The fourth-order valence-corrected chi connectivity index (χ4v) is 9.00. The molecule has 5 rings (SSSR count). The van der Waals surface area contributed by atoms with E-state index >= 15 is 8.78 Å². The lowest BCUT2D eigenvalue weighted by atomic mass is 9.45. The Hall–Kier alpha value is -0.760. The zero-order valence-corrected chi connectivity index (χ0v) is 19.4. The SMILES string of the molecule is CCCC1O[C@@H]2C[C@H]3[C@@H]4C[C@H](F)C5=CC(=O)C=C[C@]5(C)[C@@]4(F)[C@@H](O)C[C@]3(C)[C@]2(SC)O1. The highest BCUT2D eigenvalue weighted by molar-refractivity contribution is 7.99. The number of aliphatic hydroxyl groups excluding tert-OH is 1. The van der Waals surface area contributed by atoms with E-state index in [0.717, 1.165) is 12.8 Å². The van der Waals surface area contributed by atoms with Gasteiger partial charge in [-0.25, -0.2) is 8.78 Å². The number of halogens is 2. The Morgan fingerprint density at radius 2 is 2.03 bits per heavy atom. The van der Waals surface area contributed by atoms with Crippen LogP contribution in [-0.4, -0.2) is 52.4 Å². The van der Waals surface area contributed by atoms with Gasteiger partial charge < -0.3 is 14.6 Å². The first-order valence-corrected chi connectivity index (χ1v) is 12.6. The number of carbonyl (C=O) groups excluding carboxylic acids is 1. The monoisotopic (exact) mass is 454 g/mol. The molecule has 31 heavy (non-hydrogen) atoms. The van der Waals surface area contributed by atoms with Crippen LogP contribution in [0.1, 0.15) is 52.9 Å². The zero-order valence-electron chi connectivity index (χ0n) is 18.6. The normalized spacial score (nSPS) is 55.3. The van der Waals surface area contributed by atoms with Gasteiger partial charge in [-0.3, -0.25) is 4.79 Å². The van der Waals surface area contributed by atoms with Crippen LogP contribution in [-0.2, 0) is 14.3 Å². The molecular weight excluding hydrogens is 422 g/mol. The van der Waals surface area contributed by atoms with E-state index < -0.39 is 39.6 Å². The predicted molar refractivity (Wildman–Crippen MR) is 115 cm³/mol. The molecule has 172 valence electrons. The van der Waals surface area contributed by atoms with E-state index in [0.29, 0.717) is 6.42 Å². The van der Waals surface area contributed by atoms with Crippen molar-refractivity contribution < 1.29 is 28.2 Å². The van der Waals surface area contributed by atoms with Crippen LogP contribution >= 0.6 is 11.8 Å². The molecule has 0 aromatic rings. The number of hydrogen-bond acceptors (Lipinski definition) is 5. The molecule has 0 radical (unpaired) electrons. The van der Waals surface area contributed by atoms with Crippen molar-refractivity contribution in [2.45, 2.75) is 88.1 Å². The van der Waals surface area contributed by atoms with Crippen molar-refractivity contribution in [2.75, 3.05) is 6.26 Å². The number of allylic oxidation sites excluding steroid dienone is 4. The molecule has 0 amide bonds. The smallest absolute Gasteiger partial charge is 0.178 e. The molecule has 1 unspecified atom stereocenters. The Morgan fingerprint density at radius 1 is 1.29 bits per heavy atom. The van der Waals surface area contributed by atoms with Gasteiger partial charge in [-0.05, 0) is 62.5 Å². The van der Waals surface area contributed by atoms with Crippen molar-refractivity contribution in [2.24, 2.45) is 22.7 Å². The van der Waals surface area contributed by atoms with E-state index in [1.54, 1.807) is 18.7 Å². The number of carbonyl (C=O) groups is 1. The molecule has 5 aliphatic rings. The third-order valence-electron chi connectivity index (χ3n) is 9.16. The number of ketones is 1. The van der Waals surface area contributed by atoms with Crippen molar-refractivity contribution in [1.82, 2.24) is 0 Å². The Labute approximate surface area is 186 Å². The summed E-state index contributed by atoms with van der Waals surface area (Å²) in [5.74, 6) is -1.21. The molecule has 0 bridgehead atoms. The second kappa shape index (κ2) is 6.87. The molecule has 1 aliphatic heterocycles. The maximum absolute atomic E-state index is 17.1. The van der Waals surface area contributed by atoms with Gasteiger partial charge in [-0.1, -0.05) is 26.3 Å². The highest BCUT2D eigenvalue weighted by atomic mass is 32.2. The highest BCUT2D eigenvalue weighted by Gasteiger charge is 2.78. The number of rotatable bonds is 3. The molecular formula is C24H32F2O4S. The van der Waals surface area contributed by atoms with Crippen LogP contribution in [0.2, 0.25) is 0 Å². The van der Waals surface area contributed by atoms with Crippen molar-refractivity contribution >= 4 is 17.5 Å². The molecule has 1 N–H and O–H groups in total. The molecule has 3 saturated carbocycles. The van der Waals surface area contributed by atoms with Crippen molar-refractivity contribution in [3.05, 3.63) is 23.8 Å². The summed E-state index contributed by atoms with van der Waals surface area (Å²) in [6.45, 7) is 5.78. The summed E-state index contributed by atoms with van der Waals surface area (Å²) in [6, 6.07) is 0. The van der Waals surface area contributed by atoms with Crippen molar-refractivity contribution in [3.8, 4) is 0 Å². The van der Waals surface area contributed by atoms with Gasteiger partial charge >= 0.3 is 0 Å². The molecule has 0 aromatic heterocycles. The van der Waals surface area contributed by atoms with Gasteiger partial charge in [0.25, 0.3) is 0 Å². The topological polar surface area (TPSA) is 55.8 Å². The lowest BCUT2D eigenvalue weighted by Crippen LogP contribution is -2.69. The van der Waals surface area contributed by atoms with Gasteiger partial charge in [-0.2, -0.15) is 0 Å². The lowest BCUT2D eigenvalue weighted by molar-refractivity contribution is -0.221. The third-order valence-corrected chi connectivity index (χ3v) is 10.6. The first kappa shape index (κ1) is 22.1. The van der Waals surface area contributed by atoms with E-state index in [1.807, 2.05) is 6.26 Å². The molecule has 4 aliphatic carbocycles. The fourth-order valence-electron chi connectivity index (χ4n) is 7.68. The van der Waals surface area contributed by atoms with Crippen molar-refractivity contribution in [3.63, 3.8) is 0 Å². The summed E-state index contributed by atoms with van der Waals surface area (Å²) < 4.78 is 45.4. The number of fused-ring (bicyclic) bond motifs is 7. The van der Waals surface area contributed by atoms with Crippen LogP contribution in [0.25, 0.3) is 0 Å². The van der Waals surface area contributed by atoms with Crippen LogP contribution in [0.5, 0.6) is 0 Å². The molecule has 1 heterocycles. The largest absolute Gasteiger partial charge is 0.390 e. The zero-order chi connectivity index (χ0) is 22.4. The van der Waals surface area contributed by atoms with Crippen molar-refractivity contribution in [1.29, 1.82) is 0 Å². The average molecular weight is 455 g/mol. The van der Waals surface area contributed by atoms with E-state index in [2.05, 4.69) is 13.8 Å². The Morgan fingerprint density at radius 3 is 2.71 bits per heavy atom. The van der Waals surface area contributed by atoms with Crippen LogP contribution in [0.4, 0.5) is 8.78 Å². The average Bonchev–Trinajstić information content (AvgIpc) is 3.18. The van der Waals surface area contributed by atoms with Gasteiger partial charge in [0.15, 0.2) is 17.7 Å². The molecule has 0 spiro atoms. The fraction of sp³-hybridized carbons (Fsp3) is 0.792. The van der Waals surface area contributed by atoms with E-state index in [9.17, 15) is 9.90 Å². The minimum absolute atomic E-state index is 0.0358. The summed E-state index contributed by atoms with van der Waals surface area (Å²) in [6.07, 6.45) is 5.28. The number of alkyl halides is 2. The van der Waals surface area contributed by atoms with Gasteiger partial charge in [0.2, 0.25) is 0 Å². The standard InChI is InChI=1S/C24H32F2O4S/c1-5-6-20-29-19-11-14-15-10-17(25)16-9-13(27)7-8-21(16,2)23(15,26)18(28)12-22(14,3)24(19,30-20)31-4/h7-9,14-15,17-20,28H,5-6,10-12H2,1-4H3/t14-,15-,17-,18-,19+,20?,21-,22-,23-,24-/m0/s1. The maximum Gasteiger partial charge on any atom is 0.178 e. The van der Waals surface area contributed by atoms with E-state index in [4.69, 9.17) is 9.47 Å². The number of thioether (sulfide) groups is 1. The quantitative estimate of drug-likeness (QED) is 0.680. The van der Waals surface area contributed by atoms with E-state index in [1.165, 1.54) is 18.2 Å². The molecule has 0 aromatic carbocycles. The van der Waals surface area contributed by atoms with Crippen LogP contribution in [0, 0.1) is 22.7 Å². The minimum atomic E-state index is -2.05. The third kappa shape index (κ3) is 2.50.